The number of halogens is 1. The molecule has 0 fully saturated rings. The molecule has 0 saturated carbocycles. The van der Waals surface area contributed by atoms with Gasteiger partial charge in [-0.15, -0.1) is 0 Å². The Bertz CT molecular complexity index is 1250. The molecule has 0 radical (unpaired) electrons. The SMILES string of the molecule is CCCCCNC(=O)c1c[nH]c2ccc(S(=O)(=O)N(C)c3ccc(Cl)cc3)cc2c1=O. The molecule has 7 nitrogen and oxygen atoms in total. The van der Waals surface area contributed by atoms with Gasteiger partial charge in [0.15, 0.2) is 0 Å². The summed E-state index contributed by atoms with van der Waals surface area (Å²) < 4.78 is 27.3. The summed E-state index contributed by atoms with van der Waals surface area (Å²) in [6, 6.07) is 10.6. The van der Waals surface area contributed by atoms with Gasteiger partial charge in [-0.2, -0.15) is 0 Å². The molecule has 0 aliphatic rings. The number of carbonyl (C=O) groups is 1. The van der Waals surface area contributed by atoms with Gasteiger partial charge in [-0.25, -0.2) is 8.42 Å². The van der Waals surface area contributed by atoms with E-state index in [0.717, 1.165) is 23.6 Å². The molecule has 2 N–H and O–H groups in total. The number of unbranched alkanes of at least 4 members (excludes halogenated alkanes) is 2. The van der Waals surface area contributed by atoms with Crippen LogP contribution < -0.4 is 15.1 Å². The van der Waals surface area contributed by atoms with Gasteiger partial charge >= 0.3 is 0 Å². The number of hydrogen-bond donors (Lipinski definition) is 2. The number of aromatic amines is 1. The fourth-order valence-corrected chi connectivity index (χ4v) is 4.50. The minimum Gasteiger partial charge on any atom is -0.360 e. The number of carbonyl (C=O) groups excluding carboxylic acids is 1. The highest BCUT2D eigenvalue weighted by Gasteiger charge is 2.23. The van der Waals surface area contributed by atoms with Gasteiger partial charge < -0.3 is 10.3 Å². The number of anilines is 1. The van der Waals surface area contributed by atoms with Crippen LogP contribution >= 0.6 is 11.6 Å². The van der Waals surface area contributed by atoms with Crippen LogP contribution in [0.25, 0.3) is 10.9 Å². The molecule has 0 bridgehead atoms. The molecule has 0 saturated heterocycles. The van der Waals surface area contributed by atoms with E-state index in [1.54, 1.807) is 24.3 Å². The molecule has 0 aliphatic heterocycles. The molecule has 2 aromatic carbocycles. The first-order valence-corrected chi connectivity index (χ1v) is 11.8. The number of amides is 1. The lowest BCUT2D eigenvalue weighted by atomic mass is 10.1. The maximum absolute atomic E-state index is 13.1. The Labute approximate surface area is 186 Å². The van der Waals surface area contributed by atoms with Crippen LogP contribution in [0.2, 0.25) is 5.02 Å². The lowest BCUT2D eigenvalue weighted by Gasteiger charge is -2.19. The molecule has 1 amide bonds. The van der Waals surface area contributed by atoms with Gasteiger partial charge in [0, 0.05) is 35.7 Å². The van der Waals surface area contributed by atoms with Crippen LogP contribution in [0.5, 0.6) is 0 Å². The van der Waals surface area contributed by atoms with Gasteiger partial charge in [-0.05, 0) is 48.9 Å². The van der Waals surface area contributed by atoms with Gasteiger partial charge in [0.25, 0.3) is 15.9 Å². The first-order chi connectivity index (χ1) is 14.8. The highest BCUT2D eigenvalue weighted by molar-refractivity contribution is 7.92. The number of benzene rings is 2. The summed E-state index contributed by atoms with van der Waals surface area (Å²) in [6.45, 7) is 2.54. The fourth-order valence-electron chi connectivity index (χ4n) is 3.15. The molecule has 0 atom stereocenters. The van der Waals surface area contributed by atoms with Crippen LogP contribution in [-0.2, 0) is 10.0 Å². The molecule has 1 aromatic heterocycles. The normalized spacial score (nSPS) is 11.5. The van der Waals surface area contributed by atoms with Crippen molar-refractivity contribution >= 4 is 44.1 Å². The molecular weight excluding hydrogens is 438 g/mol. The van der Waals surface area contributed by atoms with E-state index in [-0.39, 0.29) is 15.8 Å². The van der Waals surface area contributed by atoms with E-state index in [2.05, 4.69) is 17.2 Å². The average molecular weight is 462 g/mol. The minimum atomic E-state index is -3.93. The van der Waals surface area contributed by atoms with Gasteiger partial charge in [0.2, 0.25) is 5.43 Å². The number of H-pyrrole nitrogens is 1. The molecule has 0 spiro atoms. The Balaban J connectivity index is 1.95. The third kappa shape index (κ3) is 4.91. The molecule has 9 heteroatoms. The molecule has 1 heterocycles. The smallest absolute Gasteiger partial charge is 0.264 e. The van der Waals surface area contributed by atoms with Crippen molar-refractivity contribution in [3.8, 4) is 0 Å². The molecule has 0 unspecified atom stereocenters. The van der Waals surface area contributed by atoms with Crippen LogP contribution in [0.15, 0.2) is 58.4 Å². The zero-order valence-electron chi connectivity index (χ0n) is 17.3. The first-order valence-electron chi connectivity index (χ1n) is 9.94. The maximum Gasteiger partial charge on any atom is 0.264 e. The van der Waals surface area contributed by atoms with Crippen LogP contribution in [0, 0.1) is 0 Å². The summed E-state index contributed by atoms with van der Waals surface area (Å²) in [4.78, 5) is 28.2. The van der Waals surface area contributed by atoms with Crippen molar-refractivity contribution in [2.45, 2.75) is 31.1 Å². The molecule has 164 valence electrons. The Hall–Kier alpha value is -2.84. The predicted molar refractivity (Wildman–Crippen MR) is 123 cm³/mol. The summed E-state index contributed by atoms with van der Waals surface area (Å²) in [5.41, 5.74) is 0.303. The Morgan fingerprint density at radius 1 is 1.13 bits per heavy atom. The summed E-state index contributed by atoms with van der Waals surface area (Å²) in [7, 11) is -2.51. The van der Waals surface area contributed by atoms with Crippen molar-refractivity contribution in [2.24, 2.45) is 0 Å². The standard InChI is InChI=1S/C22H24ClN3O4S/c1-3-4-5-12-24-22(28)19-14-25-20-11-10-17(13-18(20)21(19)27)31(29,30)26(2)16-8-6-15(23)7-9-16/h6-11,13-14H,3-5,12H2,1-2H3,(H,24,28)(H,25,27). The minimum absolute atomic E-state index is 0.0513. The van der Waals surface area contributed by atoms with Crippen LogP contribution in [0.4, 0.5) is 5.69 Å². The first kappa shape index (κ1) is 22.8. The van der Waals surface area contributed by atoms with Gasteiger partial charge in [-0.1, -0.05) is 31.4 Å². The van der Waals surface area contributed by atoms with Crippen LogP contribution in [0.3, 0.4) is 0 Å². The van der Waals surface area contributed by atoms with E-state index in [1.165, 1.54) is 31.4 Å². The van der Waals surface area contributed by atoms with Crippen molar-refractivity contribution in [1.82, 2.24) is 10.3 Å². The van der Waals surface area contributed by atoms with Crippen LogP contribution in [0.1, 0.15) is 36.5 Å². The summed E-state index contributed by atoms with van der Waals surface area (Å²) in [5.74, 6) is -0.481. The molecule has 31 heavy (non-hydrogen) atoms. The van der Waals surface area contributed by atoms with E-state index in [4.69, 9.17) is 11.6 Å². The third-order valence-electron chi connectivity index (χ3n) is 5.01. The van der Waals surface area contributed by atoms with Crippen LogP contribution in [-0.4, -0.2) is 32.9 Å². The second-order valence-electron chi connectivity index (χ2n) is 7.15. The molecular formula is C22H24ClN3O4S. The zero-order valence-corrected chi connectivity index (χ0v) is 18.9. The quantitative estimate of drug-likeness (QED) is 0.496. The second kappa shape index (κ2) is 9.53. The highest BCUT2D eigenvalue weighted by atomic mass is 35.5. The Morgan fingerprint density at radius 2 is 1.84 bits per heavy atom. The maximum atomic E-state index is 13.1. The van der Waals surface area contributed by atoms with Crippen molar-refractivity contribution in [3.05, 3.63) is 69.5 Å². The fraction of sp³-hybridized carbons (Fsp3) is 0.273. The number of pyridine rings is 1. The van der Waals surface area contributed by atoms with Crippen molar-refractivity contribution in [1.29, 1.82) is 0 Å². The van der Waals surface area contributed by atoms with Gasteiger partial charge in [0.05, 0.1) is 10.6 Å². The molecule has 0 aliphatic carbocycles. The Morgan fingerprint density at radius 3 is 2.52 bits per heavy atom. The zero-order chi connectivity index (χ0) is 22.6. The Kier molecular flexibility index (Phi) is 7.02. The summed E-state index contributed by atoms with van der Waals surface area (Å²) in [6.07, 6.45) is 4.19. The molecule has 3 aromatic rings. The number of nitrogens with one attached hydrogen (secondary N) is 2. The topological polar surface area (TPSA) is 99.3 Å². The lowest BCUT2D eigenvalue weighted by Crippen LogP contribution is -2.30. The number of fused-ring (bicyclic) bond motifs is 1. The highest BCUT2D eigenvalue weighted by Crippen LogP contribution is 2.25. The third-order valence-corrected chi connectivity index (χ3v) is 7.04. The number of sulfonamides is 1. The van der Waals surface area contributed by atoms with E-state index < -0.39 is 21.4 Å². The van der Waals surface area contributed by atoms with E-state index in [9.17, 15) is 18.0 Å². The number of aromatic nitrogens is 1. The summed E-state index contributed by atoms with van der Waals surface area (Å²) in [5, 5.41) is 3.36. The predicted octanol–water partition coefficient (Wildman–Crippen LogP) is 3.93. The van der Waals surface area contributed by atoms with E-state index in [0.29, 0.717) is 22.8 Å². The van der Waals surface area contributed by atoms with E-state index >= 15 is 0 Å². The monoisotopic (exact) mass is 461 g/mol. The van der Waals surface area contributed by atoms with Gasteiger partial charge in [-0.3, -0.25) is 13.9 Å². The number of nitrogens with zero attached hydrogens (tertiary/aromatic N) is 1. The van der Waals surface area contributed by atoms with Crippen molar-refractivity contribution in [2.75, 3.05) is 17.9 Å². The average Bonchev–Trinajstić information content (AvgIpc) is 2.76. The second-order valence-corrected chi connectivity index (χ2v) is 9.56. The lowest BCUT2D eigenvalue weighted by molar-refractivity contribution is 0.0951. The van der Waals surface area contributed by atoms with Crippen molar-refractivity contribution < 1.29 is 13.2 Å². The summed E-state index contributed by atoms with van der Waals surface area (Å²) >= 11 is 5.88. The number of rotatable bonds is 8. The largest absolute Gasteiger partial charge is 0.360 e. The van der Waals surface area contributed by atoms with E-state index in [1.807, 2.05) is 0 Å². The van der Waals surface area contributed by atoms with Crippen molar-refractivity contribution in [3.63, 3.8) is 0 Å². The van der Waals surface area contributed by atoms with Gasteiger partial charge in [0.1, 0.15) is 5.56 Å². The number of hydrogen-bond acceptors (Lipinski definition) is 4. The molecule has 3 rings (SSSR count).